The zero-order chi connectivity index (χ0) is 16.0. The van der Waals surface area contributed by atoms with Gasteiger partial charge in [-0.05, 0) is 26.3 Å². The third-order valence-corrected chi connectivity index (χ3v) is 3.81. The van der Waals surface area contributed by atoms with Gasteiger partial charge in [0.2, 0.25) is 0 Å². The van der Waals surface area contributed by atoms with Gasteiger partial charge in [-0.3, -0.25) is 4.79 Å². The van der Waals surface area contributed by atoms with Crippen molar-refractivity contribution in [1.82, 2.24) is 4.90 Å². The summed E-state index contributed by atoms with van der Waals surface area (Å²) in [6, 6.07) is 0. The van der Waals surface area contributed by atoms with Crippen molar-refractivity contribution in [3.05, 3.63) is 16.0 Å². The van der Waals surface area contributed by atoms with Gasteiger partial charge in [0, 0.05) is 14.1 Å². The molecule has 6 nitrogen and oxygen atoms in total. The number of thiophene rings is 1. The summed E-state index contributed by atoms with van der Waals surface area (Å²) < 4.78 is 10.1. The molecular weight excluding hydrogens is 292 g/mol. The Hall–Kier alpha value is -1.89. The summed E-state index contributed by atoms with van der Waals surface area (Å²) in [5.74, 6) is -0.645. The van der Waals surface area contributed by atoms with Crippen molar-refractivity contribution in [3.63, 3.8) is 0 Å². The van der Waals surface area contributed by atoms with Crippen molar-refractivity contribution in [3.8, 4) is 0 Å². The number of carbonyl (C=O) groups is 2. The molecule has 1 aromatic heterocycles. The van der Waals surface area contributed by atoms with Crippen LogP contribution in [0.4, 0.5) is 5.00 Å². The first kappa shape index (κ1) is 17.2. The van der Waals surface area contributed by atoms with Crippen LogP contribution in [0.2, 0.25) is 0 Å². The predicted molar refractivity (Wildman–Crippen MR) is 82.8 cm³/mol. The van der Waals surface area contributed by atoms with E-state index in [0.717, 1.165) is 11.3 Å². The third kappa shape index (κ3) is 4.04. The molecule has 0 bridgehead atoms. The number of rotatable bonds is 6. The van der Waals surface area contributed by atoms with Crippen LogP contribution in [0.25, 0.3) is 0 Å². The number of nitrogens with zero attached hydrogens (tertiary/aromatic N) is 2. The van der Waals surface area contributed by atoms with Gasteiger partial charge in [0.05, 0.1) is 18.1 Å². The third-order valence-electron chi connectivity index (χ3n) is 2.62. The molecule has 1 aromatic rings. The van der Waals surface area contributed by atoms with Crippen molar-refractivity contribution < 1.29 is 19.1 Å². The molecule has 0 unspecified atom stereocenters. The van der Waals surface area contributed by atoms with E-state index >= 15 is 0 Å². The minimum Gasteiger partial charge on any atom is -0.483 e. The number of aliphatic imine (C=N–C) groups is 1. The van der Waals surface area contributed by atoms with Crippen molar-refractivity contribution >= 4 is 34.6 Å². The summed E-state index contributed by atoms with van der Waals surface area (Å²) in [7, 11) is 3.32. The number of amides is 1. The van der Waals surface area contributed by atoms with Crippen LogP contribution in [0.15, 0.2) is 4.99 Å². The maximum absolute atomic E-state index is 12.1. The Morgan fingerprint density at radius 1 is 1.29 bits per heavy atom. The molecule has 0 radical (unpaired) electrons. The van der Waals surface area contributed by atoms with Crippen molar-refractivity contribution in [1.29, 1.82) is 0 Å². The summed E-state index contributed by atoms with van der Waals surface area (Å²) >= 11 is 1.16. The van der Waals surface area contributed by atoms with Crippen LogP contribution in [-0.2, 0) is 9.47 Å². The summed E-state index contributed by atoms with van der Waals surface area (Å²) in [5.41, 5.74) is 0.906. The number of ether oxygens (including phenoxy) is 2. The lowest BCUT2D eigenvalue weighted by atomic mass is 10.1. The van der Waals surface area contributed by atoms with Gasteiger partial charge in [-0.1, -0.05) is 0 Å². The maximum Gasteiger partial charge on any atom is 0.341 e. The molecule has 0 aliphatic rings. The number of hydrogen-bond donors (Lipinski definition) is 0. The lowest BCUT2D eigenvalue weighted by Crippen LogP contribution is -2.21. The van der Waals surface area contributed by atoms with E-state index in [0.29, 0.717) is 27.6 Å². The van der Waals surface area contributed by atoms with Gasteiger partial charge in [-0.25, -0.2) is 9.79 Å². The lowest BCUT2D eigenvalue weighted by molar-refractivity contribution is 0.0527. The second-order valence-corrected chi connectivity index (χ2v) is 5.35. The molecule has 0 N–H and O–H groups in total. The van der Waals surface area contributed by atoms with Gasteiger partial charge in [0.1, 0.15) is 10.6 Å². The molecule has 1 heterocycles. The number of hydrogen-bond acceptors (Lipinski definition) is 6. The molecule has 21 heavy (non-hydrogen) atoms. The Kier molecular flexibility index (Phi) is 6.36. The minimum absolute atomic E-state index is 0.166. The predicted octanol–water partition coefficient (Wildman–Crippen LogP) is 2.63. The molecule has 0 aliphatic carbocycles. The van der Waals surface area contributed by atoms with Crippen LogP contribution in [0.3, 0.4) is 0 Å². The Balaban J connectivity index is 3.29. The zero-order valence-electron chi connectivity index (χ0n) is 12.9. The van der Waals surface area contributed by atoms with Gasteiger partial charge >= 0.3 is 5.97 Å². The van der Waals surface area contributed by atoms with E-state index in [2.05, 4.69) is 4.99 Å². The molecule has 0 saturated heterocycles. The zero-order valence-corrected chi connectivity index (χ0v) is 13.7. The van der Waals surface area contributed by atoms with Crippen molar-refractivity contribution in [2.75, 3.05) is 27.3 Å². The molecule has 0 spiro atoms. The van der Waals surface area contributed by atoms with Crippen molar-refractivity contribution in [2.24, 2.45) is 4.99 Å². The smallest absolute Gasteiger partial charge is 0.341 e. The van der Waals surface area contributed by atoms with E-state index < -0.39 is 5.97 Å². The molecule has 0 aromatic carbocycles. The molecule has 0 aliphatic heterocycles. The van der Waals surface area contributed by atoms with Crippen LogP contribution < -0.4 is 0 Å². The largest absolute Gasteiger partial charge is 0.483 e. The highest BCUT2D eigenvalue weighted by Gasteiger charge is 2.26. The Labute approximate surface area is 128 Å². The van der Waals surface area contributed by atoms with E-state index in [-0.39, 0.29) is 12.5 Å². The standard InChI is InChI=1S/C14H20N2O4S/c1-6-19-8-15-12-10(14(18)20-7-2)9(3)11(21-12)13(17)16(4)5/h8H,6-7H2,1-5H3/b15-8+. The van der Waals surface area contributed by atoms with Gasteiger partial charge in [0.15, 0.2) is 6.40 Å². The Bertz CT molecular complexity index is 549. The fourth-order valence-electron chi connectivity index (χ4n) is 1.60. The highest BCUT2D eigenvalue weighted by molar-refractivity contribution is 7.18. The summed E-state index contributed by atoms with van der Waals surface area (Å²) in [5, 5.41) is 0.421. The highest BCUT2D eigenvalue weighted by Crippen LogP contribution is 2.36. The quantitative estimate of drug-likeness (QED) is 0.460. The average molecular weight is 312 g/mol. The molecular formula is C14H20N2O4S. The minimum atomic E-state index is -0.479. The molecule has 116 valence electrons. The second kappa shape index (κ2) is 7.78. The molecule has 7 heteroatoms. The first-order valence-corrected chi connectivity index (χ1v) is 7.41. The number of carbonyl (C=O) groups excluding carboxylic acids is 2. The lowest BCUT2D eigenvalue weighted by Gasteiger charge is -2.09. The van der Waals surface area contributed by atoms with Gasteiger partial charge < -0.3 is 14.4 Å². The molecule has 1 rings (SSSR count). The monoisotopic (exact) mass is 312 g/mol. The molecule has 1 amide bonds. The van der Waals surface area contributed by atoms with E-state index in [1.807, 2.05) is 6.92 Å². The normalized spacial score (nSPS) is 10.7. The first-order chi connectivity index (χ1) is 9.93. The van der Waals surface area contributed by atoms with Crippen LogP contribution in [-0.4, -0.2) is 50.5 Å². The number of esters is 1. The van der Waals surface area contributed by atoms with E-state index in [9.17, 15) is 9.59 Å². The van der Waals surface area contributed by atoms with Crippen LogP contribution in [0.5, 0.6) is 0 Å². The SMILES string of the molecule is CCO/C=N/c1sc(C(=O)N(C)C)c(C)c1C(=O)OCC. The summed E-state index contributed by atoms with van der Waals surface area (Å²) in [6.45, 7) is 6.03. The topological polar surface area (TPSA) is 68.2 Å². The van der Waals surface area contributed by atoms with Crippen LogP contribution in [0, 0.1) is 6.92 Å². The van der Waals surface area contributed by atoms with E-state index in [1.165, 1.54) is 11.3 Å². The average Bonchev–Trinajstić information content (AvgIpc) is 2.75. The fourth-order valence-corrected chi connectivity index (χ4v) is 2.75. The summed E-state index contributed by atoms with van der Waals surface area (Å²) in [6.07, 6.45) is 1.28. The first-order valence-electron chi connectivity index (χ1n) is 6.60. The molecule has 0 fully saturated rings. The second-order valence-electron chi connectivity index (χ2n) is 4.35. The summed E-state index contributed by atoms with van der Waals surface area (Å²) in [4.78, 5) is 30.3. The highest BCUT2D eigenvalue weighted by atomic mass is 32.1. The van der Waals surface area contributed by atoms with Crippen molar-refractivity contribution in [2.45, 2.75) is 20.8 Å². The Morgan fingerprint density at radius 3 is 2.48 bits per heavy atom. The maximum atomic E-state index is 12.1. The van der Waals surface area contributed by atoms with Gasteiger partial charge in [0.25, 0.3) is 5.91 Å². The van der Waals surface area contributed by atoms with Crippen LogP contribution >= 0.6 is 11.3 Å². The van der Waals surface area contributed by atoms with E-state index in [1.54, 1.807) is 27.9 Å². The van der Waals surface area contributed by atoms with Gasteiger partial charge in [-0.2, -0.15) is 0 Å². The molecule has 0 saturated carbocycles. The van der Waals surface area contributed by atoms with Crippen LogP contribution in [0.1, 0.15) is 39.4 Å². The Morgan fingerprint density at radius 2 is 1.95 bits per heavy atom. The fraction of sp³-hybridized carbons (Fsp3) is 0.500. The molecule has 0 atom stereocenters. The van der Waals surface area contributed by atoms with E-state index in [4.69, 9.17) is 9.47 Å². The van der Waals surface area contributed by atoms with Gasteiger partial charge in [-0.15, -0.1) is 11.3 Å².